The Kier molecular flexibility index (Phi) is 7.10. The molecular formula is C22H26BrClN2O5S. The molecule has 32 heavy (non-hydrogen) atoms. The van der Waals surface area contributed by atoms with Gasteiger partial charge in [-0.3, -0.25) is 14.4 Å². The molecule has 1 aromatic carbocycles. The third kappa shape index (κ3) is 3.85. The van der Waals surface area contributed by atoms with E-state index >= 15 is 0 Å². The second kappa shape index (κ2) is 9.52. The maximum absolute atomic E-state index is 13.6. The van der Waals surface area contributed by atoms with Gasteiger partial charge in [0.05, 0.1) is 33.9 Å². The number of amides is 2. The van der Waals surface area contributed by atoms with Crippen LogP contribution in [0.2, 0.25) is 5.02 Å². The summed E-state index contributed by atoms with van der Waals surface area (Å²) in [7, 11) is 0. The number of benzene rings is 1. The third-order valence-electron chi connectivity index (χ3n) is 6.54. The van der Waals surface area contributed by atoms with Gasteiger partial charge in [-0.05, 0) is 38.3 Å². The van der Waals surface area contributed by atoms with Crippen molar-refractivity contribution in [2.75, 3.05) is 25.1 Å². The predicted octanol–water partition coefficient (Wildman–Crippen LogP) is 3.08. The number of halogens is 2. The number of likely N-dealkylation sites (tertiary alicyclic amines) is 1. The van der Waals surface area contributed by atoms with E-state index in [4.69, 9.17) is 16.3 Å². The van der Waals surface area contributed by atoms with Gasteiger partial charge in [0.1, 0.15) is 6.04 Å². The number of fused-ring (bicyclic) bond motifs is 1. The molecule has 3 saturated heterocycles. The second-order valence-electron chi connectivity index (χ2n) is 8.35. The number of aliphatic hydroxyl groups is 1. The summed E-state index contributed by atoms with van der Waals surface area (Å²) >= 11 is 11.5. The maximum atomic E-state index is 13.6. The Hall–Kier alpha value is -1.29. The number of esters is 1. The lowest BCUT2D eigenvalue weighted by Crippen LogP contribution is -2.52. The number of nitrogens with zero attached hydrogens (tertiary/aromatic N) is 1. The van der Waals surface area contributed by atoms with Crippen molar-refractivity contribution >= 4 is 62.8 Å². The molecule has 2 bridgehead atoms. The number of ether oxygens (including phenoxy) is 1. The number of thioether (sulfide) groups is 1. The highest BCUT2D eigenvalue weighted by atomic mass is 79.9. The summed E-state index contributed by atoms with van der Waals surface area (Å²) in [4.78, 5) is 41.7. The fourth-order valence-electron chi connectivity index (χ4n) is 5.34. The van der Waals surface area contributed by atoms with Crippen molar-refractivity contribution in [3.8, 4) is 0 Å². The van der Waals surface area contributed by atoms with Gasteiger partial charge in [0.25, 0.3) is 0 Å². The van der Waals surface area contributed by atoms with Crippen LogP contribution in [0.5, 0.6) is 0 Å². The van der Waals surface area contributed by atoms with Gasteiger partial charge >= 0.3 is 5.97 Å². The second-order valence-corrected chi connectivity index (χ2v) is 11.5. The molecule has 6 atom stereocenters. The lowest BCUT2D eigenvalue weighted by Gasteiger charge is -2.35. The zero-order valence-corrected chi connectivity index (χ0v) is 20.8. The van der Waals surface area contributed by atoms with E-state index in [-0.39, 0.29) is 41.1 Å². The van der Waals surface area contributed by atoms with E-state index in [0.29, 0.717) is 36.5 Å². The van der Waals surface area contributed by atoms with Crippen LogP contribution in [0.15, 0.2) is 24.3 Å². The molecule has 3 aliphatic heterocycles. The van der Waals surface area contributed by atoms with Gasteiger partial charge in [0.2, 0.25) is 11.8 Å². The number of unbranched alkanes of at least 4 members (excludes halogenated alkanes) is 1. The van der Waals surface area contributed by atoms with Crippen LogP contribution in [-0.2, 0) is 19.1 Å². The van der Waals surface area contributed by atoms with Crippen molar-refractivity contribution in [3.63, 3.8) is 0 Å². The van der Waals surface area contributed by atoms with Crippen LogP contribution < -0.4 is 5.32 Å². The average molecular weight is 546 g/mol. The minimum atomic E-state index is -0.746. The molecule has 10 heteroatoms. The summed E-state index contributed by atoms with van der Waals surface area (Å²) in [6, 6.07) is 6.22. The zero-order chi connectivity index (χ0) is 23.0. The maximum Gasteiger partial charge on any atom is 0.310 e. The minimum absolute atomic E-state index is 0.000962. The fraction of sp³-hybridized carbons (Fsp3) is 0.591. The van der Waals surface area contributed by atoms with E-state index in [1.165, 1.54) is 0 Å². The molecule has 3 unspecified atom stereocenters. The Morgan fingerprint density at radius 1 is 1.38 bits per heavy atom. The van der Waals surface area contributed by atoms with E-state index in [2.05, 4.69) is 21.2 Å². The lowest BCUT2D eigenvalue weighted by molar-refractivity contribution is -0.153. The summed E-state index contributed by atoms with van der Waals surface area (Å²) < 4.78 is 4.60. The highest BCUT2D eigenvalue weighted by Crippen LogP contribution is 2.67. The number of hydrogen-bond acceptors (Lipinski definition) is 6. The summed E-state index contributed by atoms with van der Waals surface area (Å²) in [6.07, 6.45) is 1.70. The first-order chi connectivity index (χ1) is 15.4. The molecule has 2 amide bonds. The van der Waals surface area contributed by atoms with Gasteiger partial charge in [-0.15, -0.1) is 11.8 Å². The van der Waals surface area contributed by atoms with Crippen LogP contribution in [-0.4, -0.2) is 68.4 Å². The lowest BCUT2D eigenvalue weighted by atomic mass is 9.71. The summed E-state index contributed by atoms with van der Waals surface area (Å²) in [5.74, 6) is -2.08. The van der Waals surface area contributed by atoms with Crippen molar-refractivity contribution in [1.29, 1.82) is 0 Å². The number of carbonyl (C=O) groups is 3. The molecule has 3 aliphatic rings. The largest absolute Gasteiger partial charge is 0.466 e. The molecule has 0 aliphatic carbocycles. The molecule has 0 saturated carbocycles. The van der Waals surface area contributed by atoms with Gasteiger partial charge in [-0.25, -0.2) is 0 Å². The fourth-order valence-corrected chi connectivity index (χ4v) is 9.12. The number of nitrogens with one attached hydrogen (secondary N) is 1. The number of rotatable bonds is 8. The standard InChI is InChI=1S/C22H26BrClN2O5S/c1-2-31-21(30)15-16-20(29)26(9-5-6-10-27)18(22(16)11-12(23)17(15)32-22)19(28)25-14-8-4-3-7-13(14)24/h3-4,7-8,12,15-18,27H,2,5-6,9-11H2,1H3,(H,25,28)/t12?,15-,16-,17-,18?,22?/m0/s1. The van der Waals surface area contributed by atoms with Gasteiger partial charge in [-0.1, -0.05) is 39.7 Å². The van der Waals surface area contributed by atoms with Crippen LogP contribution in [0.25, 0.3) is 0 Å². The topological polar surface area (TPSA) is 95.9 Å². The molecule has 3 heterocycles. The normalized spacial score (nSPS) is 32.8. The number of aliphatic hydroxyl groups excluding tert-OH is 1. The quantitative estimate of drug-likeness (QED) is 0.296. The molecule has 1 aromatic rings. The van der Waals surface area contributed by atoms with Crippen molar-refractivity contribution in [1.82, 2.24) is 4.90 Å². The summed E-state index contributed by atoms with van der Waals surface area (Å²) in [6.45, 7) is 2.34. The van der Waals surface area contributed by atoms with E-state index in [9.17, 15) is 19.5 Å². The van der Waals surface area contributed by atoms with Gasteiger partial charge < -0.3 is 20.1 Å². The zero-order valence-electron chi connectivity index (χ0n) is 17.6. The third-order valence-corrected chi connectivity index (χ3v) is 10.1. The Morgan fingerprint density at radius 2 is 2.12 bits per heavy atom. The molecule has 3 fully saturated rings. The Balaban J connectivity index is 1.70. The van der Waals surface area contributed by atoms with Crippen molar-refractivity contribution in [3.05, 3.63) is 29.3 Å². The number of para-hydroxylation sites is 1. The Labute approximate surface area is 204 Å². The number of hydrogen-bond donors (Lipinski definition) is 2. The van der Waals surface area contributed by atoms with E-state index < -0.39 is 22.6 Å². The first-order valence-corrected chi connectivity index (χ1v) is 13.0. The molecule has 0 aromatic heterocycles. The number of alkyl halides is 1. The molecule has 7 nitrogen and oxygen atoms in total. The summed E-state index contributed by atoms with van der Waals surface area (Å²) in [5, 5.41) is 12.4. The van der Waals surface area contributed by atoms with Crippen LogP contribution in [0.3, 0.4) is 0 Å². The van der Waals surface area contributed by atoms with Gasteiger partial charge in [-0.2, -0.15) is 0 Å². The van der Waals surface area contributed by atoms with E-state index in [1.807, 2.05) is 0 Å². The minimum Gasteiger partial charge on any atom is -0.466 e. The summed E-state index contributed by atoms with van der Waals surface area (Å²) in [5.41, 5.74) is 0.483. The average Bonchev–Trinajstić information content (AvgIpc) is 3.34. The Bertz CT molecular complexity index is 920. The number of carbonyl (C=O) groups excluding carboxylic acids is 3. The first-order valence-electron chi connectivity index (χ1n) is 10.8. The van der Waals surface area contributed by atoms with Crippen LogP contribution in [0, 0.1) is 11.8 Å². The predicted molar refractivity (Wildman–Crippen MR) is 127 cm³/mol. The highest BCUT2D eigenvalue weighted by molar-refractivity contribution is 9.09. The van der Waals surface area contributed by atoms with E-state index in [0.717, 1.165) is 0 Å². The van der Waals surface area contributed by atoms with E-state index in [1.54, 1.807) is 47.9 Å². The number of anilines is 1. The monoisotopic (exact) mass is 544 g/mol. The van der Waals surface area contributed by atoms with Crippen LogP contribution >= 0.6 is 39.3 Å². The van der Waals surface area contributed by atoms with Gasteiger partial charge in [0, 0.05) is 23.2 Å². The molecule has 0 radical (unpaired) electrons. The van der Waals surface area contributed by atoms with Crippen molar-refractivity contribution in [2.24, 2.45) is 11.8 Å². The molecule has 2 N–H and O–H groups in total. The molecule has 4 rings (SSSR count). The van der Waals surface area contributed by atoms with Gasteiger partial charge in [0.15, 0.2) is 0 Å². The van der Waals surface area contributed by atoms with Crippen LogP contribution in [0.4, 0.5) is 5.69 Å². The molecule has 1 spiro atoms. The smallest absolute Gasteiger partial charge is 0.310 e. The highest BCUT2D eigenvalue weighted by Gasteiger charge is 2.75. The SMILES string of the molecule is CCOC(=O)[C@H]1[C@H]2C(=O)N(CCCCO)C(C(=O)Nc3ccccc3Cl)C23CC(Br)[C@@H]1S3. The van der Waals surface area contributed by atoms with Crippen LogP contribution in [0.1, 0.15) is 26.2 Å². The first kappa shape index (κ1) is 23.9. The molecular weight excluding hydrogens is 520 g/mol. The van der Waals surface area contributed by atoms with Crippen molar-refractivity contribution in [2.45, 2.75) is 47.1 Å². The molecule has 174 valence electrons. The van der Waals surface area contributed by atoms with Crippen molar-refractivity contribution < 1.29 is 24.2 Å². The Morgan fingerprint density at radius 3 is 2.81 bits per heavy atom.